The Morgan fingerprint density at radius 2 is 1.75 bits per heavy atom. The molecule has 1 rings (SSSR count). The van der Waals surface area contributed by atoms with Crippen LogP contribution in [0.5, 0.6) is 0 Å². The molecule has 0 aromatic heterocycles. The largest absolute Gasteiger partial charge is 0.330 e. The third-order valence-corrected chi connectivity index (χ3v) is 4.05. The minimum atomic E-state index is 0.474. The third kappa shape index (κ3) is 4.84. The second-order valence-electron chi connectivity index (χ2n) is 5.50. The van der Waals surface area contributed by atoms with Crippen molar-refractivity contribution in [3.05, 3.63) is 0 Å². The predicted octanol–water partition coefficient (Wildman–Crippen LogP) is 3.07. The Morgan fingerprint density at radius 3 is 2.31 bits per heavy atom. The molecule has 2 heteroatoms. The maximum absolute atomic E-state index is 5.82. The van der Waals surface area contributed by atoms with Crippen molar-refractivity contribution in [1.82, 2.24) is 5.32 Å². The van der Waals surface area contributed by atoms with Crippen molar-refractivity contribution in [3.8, 4) is 0 Å². The fourth-order valence-corrected chi connectivity index (χ4v) is 2.51. The molecule has 0 amide bonds. The molecule has 16 heavy (non-hydrogen) atoms. The minimum absolute atomic E-state index is 0.474. The molecule has 3 N–H and O–H groups in total. The Morgan fingerprint density at radius 1 is 1.06 bits per heavy atom. The second kappa shape index (κ2) is 8.08. The molecule has 0 aromatic rings. The number of nitrogens with one attached hydrogen (secondary N) is 1. The first-order valence-corrected chi connectivity index (χ1v) is 7.24. The van der Waals surface area contributed by atoms with Gasteiger partial charge in [0.1, 0.15) is 0 Å². The first-order valence-electron chi connectivity index (χ1n) is 7.24. The van der Waals surface area contributed by atoms with Gasteiger partial charge in [-0.05, 0) is 37.8 Å². The van der Waals surface area contributed by atoms with Crippen molar-refractivity contribution >= 4 is 0 Å². The molecule has 0 aliphatic heterocycles. The summed E-state index contributed by atoms with van der Waals surface area (Å²) in [7, 11) is 0. The first kappa shape index (κ1) is 14.0. The van der Waals surface area contributed by atoms with Gasteiger partial charge in [-0.15, -0.1) is 0 Å². The Balaban J connectivity index is 1.84. The van der Waals surface area contributed by atoms with Gasteiger partial charge in [0.15, 0.2) is 0 Å². The fraction of sp³-hybridized carbons (Fsp3) is 1.00. The zero-order chi connectivity index (χ0) is 11.7. The van der Waals surface area contributed by atoms with Gasteiger partial charge >= 0.3 is 0 Å². The average molecular weight is 226 g/mol. The summed E-state index contributed by atoms with van der Waals surface area (Å²) in [5.74, 6) is 0. The molecule has 1 aliphatic rings. The summed E-state index contributed by atoms with van der Waals surface area (Å²) >= 11 is 0. The number of hydrogen-bond donors (Lipinski definition) is 2. The van der Waals surface area contributed by atoms with Crippen molar-refractivity contribution in [1.29, 1.82) is 0 Å². The highest BCUT2D eigenvalue weighted by atomic mass is 14.9. The van der Waals surface area contributed by atoms with Crippen molar-refractivity contribution in [2.75, 3.05) is 19.6 Å². The summed E-state index contributed by atoms with van der Waals surface area (Å²) in [6.07, 6.45) is 12.4. The lowest BCUT2D eigenvalue weighted by Gasteiger charge is -2.41. The van der Waals surface area contributed by atoms with Crippen LogP contribution in [0, 0.1) is 5.41 Å². The molecule has 1 aliphatic carbocycles. The highest BCUT2D eigenvalue weighted by Gasteiger charge is 2.34. The van der Waals surface area contributed by atoms with E-state index in [0.717, 1.165) is 13.1 Å². The van der Waals surface area contributed by atoms with E-state index in [0.29, 0.717) is 5.41 Å². The van der Waals surface area contributed by atoms with Gasteiger partial charge in [-0.3, -0.25) is 0 Å². The fourth-order valence-electron chi connectivity index (χ4n) is 2.51. The molecule has 0 bridgehead atoms. The molecule has 2 nitrogen and oxygen atoms in total. The lowest BCUT2D eigenvalue weighted by Crippen LogP contribution is -2.45. The molecule has 0 radical (unpaired) electrons. The number of hydrogen-bond acceptors (Lipinski definition) is 2. The van der Waals surface area contributed by atoms with Gasteiger partial charge in [0, 0.05) is 6.54 Å². The van der Waals surface area contributed by atoms with Gasteiger partial charge in [-0.1, -0.05) is 45.4 Å². The van der Waals surface area contributed by atoms with Crippen LogP contribution in [0.15, 0.2) is 0 Å². The molecular weight excluding hydrogens is 196 g/mol. The van der Waals surface area contributed by atoms with Crippen LogP contribution < -0.4 is 11.1 Å². The van der Waals surface area contributed by atoms with Crippen LogP contribution in [-0.2, 0) is 0 Å². The standard InChI is InChI=1S/C14H30N2/c1-2-3-4-5-6-7-11-16-13-14(12-15)9-8-10-14/h16H,2-13,15H2,1H3. The van der Waals surface area contributed by atoms with E-state index >= 15 is 0 Å². The van der Waals surface area contributed by atoms with Crippen LogP contribution in [0.3, 0.4) is 0 Å². The lowest BCUT2D eigenvalue weighted by molar-refractivity contribution is 0.141. The van der Waals surface area contributed by atoms with E-state index in [1.54, 1.807) is 0 Å². The topological polar surface area (TPSA) is 38.0 Å². The Hall–Kier alpha value is -0.0800. The summed E-state index contributed by atoms with van der Waals surface area (Å²) in [5, 5.41) is 3.59. The van der Waals surface area contributed by atoms with Crippen LogP contribution in [0.25, 0.3) is 0 Å². The molecule has 1 fully saturated rings. The summed E-state index contributed by atoms with van der Waals surface area (Å²) < 4.78 is 0. The van der Waals surface area contributed by atoms with Crippen LogP contribution >= 0.6 is 0 Å². The lowest BCUT2D eigenvalue weighted by atomic mass is 9.69. The number of rotatable bonds is 10. The second-order valence-corrected chi connectivity index (χ2v) is 5.50. The zero-order valence-electron chi connectivity index (χ0n) is 11.1. The van der Waals surface area contributed by atoms with Gasteiger partial charge in [-0.2, -0.15) is 0 Å². The molecule has 0 atom stereocenters. The van der Waals surface area contributed by atoms with E-state index in [9.17, 15) is 0 Å². The monoisotopic (exact) mass is 226 g/mol. The average Bonchev–Trinajstić information content (AvgIpc) is 2.25. The van der Waals surface area contributed by atoms with Crippen molar-refractivity contribution in [2.24, 2.45) is 11.1 Å². The number of nitrogens with two attached hydrogens (primary N) is 1. The van der Waals surface area contributed by atoms with Gasteiger partial charge < -0.3 is 11.1 Å². The summed E-state index contributed by atoms with van der Waals surface area (Å²) in [5.41, 5.74) is 6.30. The van der Waals surface area contributed by atoms with Crippen LogP contribution in [0.1, 0.15) is 64.7 Å². The van der Waals surface area contributed by atoms with Gasteiger partial charge in [-0.25, -0.2) is 0 Å². The molecule has 0 saturated heterocycles. The van der Waals surface area contributed by atoms with Gasteiger partial charge in [0.05, 0.1) is 0 Å². The van der Waals surface area contributed by atoms with Crippen molar-refractivity contribution < 1.29 is 0 Å². The van der Waals surface area contributed by atoms with Crippen LogP contribution in [-0.4, -0.2) is 19.6 Å². The molecule has 0 unspecified atom stereocenters. The Labute approximate surface area is 101 Å². The van der Waals surface area contributed by atoms with E-state index in [-0.39, 0.29) is 0 Å². The molecule has 1 saturated carbocycles. The molecule has 0 heterocycles. The quantitative estimate of drug-likeness (QED) is 0.562. The van der Waals surface area contributed by atoms with Crippen molar-refractivity contribution in [2.45, 2.75) is 64.7 Å². The normalized spacial score (nSPS) is 18.4. The van der Waals surface area contributed by atoms with Gasteiger partial charge in [0.25, 0.3) is 0 Å². The summed E-state index contributed by atoms with van der Waals surface area (Å²) in [4.78, 5) is 0. The maximum atomic E-state index is 5.82. The highest BCUT2D eigenvalue weighted by molar-refractivity contribution is 4.90. The third-order valence-electron chi connectivity index (χ3n) is 4.05. The Kier molecular flexibility index (Phi) is 7.06. The minimum Gasteiger partial charge on any atom is -0.330 e. The summed E-state index contributed by atoms with van der Waals surface area (Å²) in [6.45, 7) is 5.48. The predicted molar refractivity (Wildman–Crippen MR) is 71.6 cm³/mol. The van der Waals surface area contributed by atoms with E-state index < -0.39 is 0 Å². The van der Waals surface area contributed by atoms with E-state index in [1.807, 2.05) is 0 Å². The maximum Gasteiger partial charge on any atom is 0.00199 e. The van der Waals surface area contributed by atoms with Crippen molar-refractivity contribution in [3.63, 3.8) is 0 Å². The molecule has 96 valence electrons. The first-order chi connectivity index (χ1) is 7.83. The SMILES string of the molecule is CCCCCCCCNCC1(CN)CCC1. The Bertz CT molecular complexity index is 159. The summed E-state index contributed by atoms with van der Waals surface area (Å²) in [6, 6.07) is 0. The number of unbranched alkanes of at least 4 members (excludes halogenated alkanes) is 5. The van der Waals surface area contributed by atoms with Crippen LogP contribution in [0.2, 0.25) is 0 Å². The molecular formula is C14H30N2. The smallest absolute Gasteiger partial charge is 0.00199 e. The molecule has 0 spiro atoms. The van der Waals surface area contributed by atoms with Gasteiger partial charge in [0.2, 0.25) is 0 Å². The van der Waals surface area contributed by atoms with E-state index in [2.05, 4.69) is 12.2 Å². The van der Waals surface area contributed by atoms with E-state index in [1.165, 1.54) is 64.3 Å². The van der Waals surface area contributed by atoms with E-state index in [4.69, 9.17) is 5.73 Å². The zero-order valence-corrected chi connectivity index (χ0v) is 11.1. The van der Waals surface area contributed by atoms with Crippen LogP contribution in [0.4, 0.5) is 0 Å². The molecule has 0 aromatic carbocycles. The highest BCUT2D eigenvalue weighted by Crippen LogP contribution is 2.38.